The maximum atomic E-state index is 12.4. The summed E-state index contributed by atoms with van der Waals surface area (Å²) in [4.78, 5) is 25.8. The Morgan fingerprint density at radius 1 is 1.43 bits per heavy atom. The molecule has 2 aromatic heterocycles. The van der Waals surface area contributed by atoms with Gasteiger partial charge in [-0.25, -0.2) is 4.79 Å². The van der Waals surface area contributed by atoms with Crippen molar-refractivity contribution in [2.75, 3.05) is 12.4 Å². The van der Waals surface area contributed by atoms with Crippen LogP contribution in [0.25, 0.3) is 0 Å². The zero-order valence-electron chi connectivity index (χ0n) is 13.4. The molecule has 1 aliphatic carbocycles. The van der Waals surface area contributed by atoms with Crippen LogP contribution in [-0.2, 0) is 17.6 Å². The number of carbonyl (C=O) groups is 2. The van der Waals surface area contributed by atoms with Gasteiger partial charge in [-0.2, -0.15) is 0 Å². The molecule has 0 aromatic carbocycles. The number of furan rings is 1. The van der Waals surface area contributed by atoms with Gasteiger partial charge in [0.25, 0.3) is 5.91 Å². The summed E-state index contributed by atoms with van der Waals surface area (Å²) in [7, 11) is 1.36. The van der Waals surface area contributed by atoms with Gasteiger partial charge in [0, 0.05) is 4.88 Å². The monoisotopic (exact) mass is 333 g/mol. The fraction of sp³-hybridized carbons (Fsp3) is 0.412. The number of amides is 1. The van der Waals surface area contributed by atoms with Crippen molar-refractivity contribution in [1.82, 2.24) is 0 Å². The lowest BCUT2D eigenvalue weighted by Gasteiger charge is -2.18. The Balaban J connectivity index is 1.97. The summed E-state index contributed by atoms with van der Waals surface area (Å²) in [5.41, 5.74) is 2.01. The zero-order chi connectivity index (χ0) is 16.6. The minimum Gasteiger partial charge on any atom is -0.469 e. The molecule has 0 saturated carbocycles. The normalized spacial score (nSPS) is 16.7. The van der Waals surface area contributed by atoms with Crippen LogP contribution >= 0.6 is 11.3 Å². The lowest BCUT2D eigenvalue weighted by atomic mass is 9.88. The van der Waals surface area contributed by atoms with E-state index in [-0.39, 0.29) is 5.91 Å². The van der Waals surface area contributed by atoms with E-state index in [1.54, 1.807) is 13.0 Å². The van der Waals surface area contributed by atoms with Gasteiger partial charge in [0.2, 0.25) is 0 Å². The molecule has 1 aliphatic rings. The Morgan fingerprint density at radius 2 is 2.22 bits per heavy atom. The van der Waals surface area contributed by atoms with Gasteiger partial charge in [-0.3, -0.25) is 4.79 Å². The van der Waals surface area contributed by atoms with Crippen LogP contribution in [0.5, 0.6) is 0 Å². The van der Waals surface area contributed by atoms with Crippen LogP contribution in [0.2, 0.25) is 0 Å². The summed E-state index contributed by atoms with van der Waals surface area (Å²) >= 11 is 1.48. The third-order valence-electron chi connectivity index (χ3n) is 4.23. The minimum atomic E-state index is -0.392. The minimum absolute atomic E-state index is 0.270. The van der Waals surface area contributed by atoms with Crippen molar-refractivity contribution in [2.45, 2.75) is 33.1 Å². The molecular weight excluding hydrogens is 314 g/mol. The van der Waals surface area contributed by atoms with E-state index in [4.69, 9.17) is 9.15 Å². The quantitative estimate of drug-likeness (QED) is 0.867. The van der Waals surface area contributed by atoms with Crippen LogP contribution in [0, 0.1) is 12.8 Å². The van der Waals surface area contributed by atoms with Crippen molar-refractivity contribution in [3.63, 3.8) is 0 Å². The van der Waals surface area contributed by atoms with Crippen molar-refractivity contribution in [3.8, 4) is 0 Å². The Bertz CT molecular complexity index is 759. The van der Waals surface area contributed by atoms with E-state index < -0.39 is 5.97 Å². The standard InChI is InChI=1S/C17H19NO4S/c1-9-4-5-12-13(8-9)23-16(14(12)17(20)21-3)18-15(19)11-6-7-22-10(11)2/h6-7,9H,4-5,8H2,1-3H3,(H,18,19)/t9-/m0/s1. The fourth-order valence-corrected chi connectivity index (χ4v) is 4.34. The van der Waals surface area contributed by atoms with Crippen LogP contribution in [0.3, 0.4) is 0 Å². The number of methoxy groups -OCH3 is 1. The highest BCUT2D eigenvalue weighted by atomic mass is 32.1. The van der Waals surface area contributed by atoms with Gasteiger partial charge in [-0.05, 0) is 43.7 Å². The topological polar surface area (TPSA) is 68.5 Å². The summed E-state index contributed by atoms with van der Waals surface area (Å²) in [6, 6.07) is 1.62. The molecule has 3 rings (SSSR count). The van der Waals surface area contributed by atoms with Crippen LogP contribution < -0.4 is 5.32 Å². The van der Waals surface area contributed by atoms with Gasteiger partial charge in [-0.1, -0.05) is 6.92 Å². The van der Waals surface area contributed by atoms with E-state index in [1.165, 1.54) is 29.6 Å². The molecule has 23 heavy (non-hydrogen) atoms. The molecule has 0 bridgehead atoms. The first kappa shape index (κ1) is 15.8. The number of aryl methyl sites for hydroxylation is 1. The third kappa shape index (κ3) is 2.91. The van der Waals surface area contributed by atoms with E-state index in [0.717, 1.165) is 24.8 Å². The van der Waals surface area contributed by atoms with E-state index >= 15 is 0 Å². The third-order valence-corrected chi connectivity index (χ3v) is 5.40. The van der Waals surface area contributed by atoms with Gasteiger partial charge in [0.05, 0.1) is 24.5 Å². The first-order valence-electron chi connectivity index (χ1n) is 7.59. The second kappa shape index (κ2) is 6.20. The summed E-state index contributed by atoms with van der Waals surface area (Å²) in [5.74, 6) is 0.479. The van der Waals surface area contributed by atoms with Crippen LogP contribution in [0.1, 0.15) is 50.3 Å². The van der Waals surface area contributed by atoms with Gasteiger partial charge < -0.3 is 14.5 Å². The Kier molecular flexibility index (Phi) is 4.26. The molecule has 0 spiro atoms. The molecular formula is C17H19NO4S. The summed E-state index contributed by atoms with van der Waals surface area (Å²) in [5, 5.41) is 3.43. The second-order valence-corrected chi connectivity index (χ2v) is 7.00. The fourth-order valence-electron chi connectivity index (χ4n) is 2.95. The van der Waals surface area contributed by atoms with Crippen LogP contribution in [0.15, 0.2) is 16.7 Å². The Morgan fingerprint density at radius 3 is 2.87 bits per heavy atom. The van der Waals surface area contributed by atoms with E-state index in [1.807, 2.05) is 0 Å². The van der Waals surface area contributed by atoms with Gasteiger partial charge >= 0.3 is 5.97 Å². The molecule has 1 amide bonds. The van der Waals surface area contributed by atoms with E-state index in [2.05, 4.69) is 12.2 Å². The molecule has 0 saturated heterocycles. The number of esters is 1. The summed E-state index contributed by atoms with van der Waals surface area (Å²) < 4.78 is 10.1. The number of hydrogen-bond acceptors (Lipinski definition) is 5. The first-order chi connectivity index (χ1) is 11.0. The maximum Gasteiger partial charge on any atom is 0.341 e. The smallest absolute Gasteiger partial charge is 0.341 e. The van der Waals surface area contributed by atoms with E-state index in [0.29, 0.717) is 27.8 Å². The SMILES string of the molecule is COC(=O)c1c(NC(=O)c2ccoc2C)sc2c1CC[C@H](C)C2. The molecule has 0 fully saturated rings. The number of hydrogen-bond donors (Lipinski definition) is 1. The van der Waals surface area contributed by atoms with Crippen LogP contribution in [0.4, 0.5) is 5.00 Å². The number of anilines is 1. The number of thiophene rings is 1. The summed E-state index contributed by atoms with van der Waals surface area (Å²) in [6.07, 6.45) is 4.30. The Hall–Kier alpha value is -2.08. The highest BCUT2D eigenvalue weighted by Gasteiger charge is 2.29. The second-order valence-electron chi connectivity index (χ2n) is 5.89. The molecule has 5 nitrogen and oxygen atoms in total. The molecule has 2 aromatic rings. The lowest BCUT2D eigenvalue weighted by Crippen LogP contribution is -2.16. The molecule has 6 heteroatoms. The maximum absolute atomic E-state index is 12.4. The highest BCUT2D eigenvalue weighted by molar-refractivity contribution is 7.17. The van der Waals surface area contributed by atoms with Gasteiger partial charge in [0.15, 0.2) is 0 Å². The largest absolute Gasteiger partial charge is 0.469 e. The van der Waals surface area contributed by atoms with Crippen molar-refractivity contribution < 1.29 is 18.7 Å². The molecule has 1 atom stereocenters. The highest BCUT2D eigenvalue weighted by Crippen LogP contribution is 2.40. The summed E-state index contributed by atoms with van der Waals surface area (Å²) in [6.45, 7) is 3.94. The lowest BCUT2D eigenvalue weighted by molar-refractivity contribution is 0.0601. The van der Waals surface area contributed by atoms with Gasteiger partial charge in [0.1, 0.15) is 10.8 Å². The molecule has 122 valence electrons. The average Bonchev–Trinajstić information content (AvgIpc) is 3.09. The predicted molar refractivity (Wildman–Crippen MR) is 88.2 cm³/mol. The first-order valence-corrected chi connectivity index (χ1v) is 8.41. The molecule has 0 radical (unpaired) electrons. The van der Waals surface area contributed by atoms with Crippen LogP contribution in [-0.4, -0.2) is 19.0 Å². The molecule has 2 heterocycles. The van der Waals surface area contributed by atoms with Crippen molar-refractivity contribution in [3.05, 3.63) is 39.7 Å². The number of carbonyl (C=O) groups excluding carboxylic acids is 2. The molecule has 0 unspecified atom stereocenters. The number of fused-ring (bicyclic) bond motifs is 1. The zero-order valence-corrected chi connectivity index (χ0v) is 14.2. The van der Waals surface area contributed by atoms with E-state index in [9.17, 15) is 9.59 Å². The Labute approximate surface area is 138 Å². The predicted octanol–water partition coefficient (Wildman–Crippen LogP) is 3.81. The van der Waals surface area contributed by atoms with Gasteiger partial charge in [-0.15, -0.1) is 11.3 Å². The van der Waals surface area contributed by atoms with Crippen molar-refractivity contribution in [1.29, 1.82) is 0 Å². The number of ether oxygens (including phenoxy) is 1. The molecule has 1 N–H and O–H groups in total. The number of rotatable bonds is 3. The number of nitrogens with one attached hydrogen (secondary N) is 1. The molecule has 0 aliphatic heterocycles. The average molecular weight is 333 g/mol. The van der Waals surface area contributed by atoms with Crippen molar-refractivity contribution in [2.24, 2.45) is 5.92 Å². The van der Waals surface area contributed by atoms with Crippen molar-refractivity contribution >= 4 is 28.2 Å².